The smallest absolute Gasteiger partial charge is 0.125 e. The number of pyridine rings is 2. The molecule has 0 bridgehead atoms. The zero-order valence-corrected chi connectivity index (χ0v) is 16.0. The van der Waals surface area contributed by atoms with Gasteiger partial charge < -0.3 is 5.01 Å². The highest BCUT2D eigenvalue weighted by Gasteiger charge is 2.20. The molecule has 0 amide bonds. The molecule has 6 heteroatoms. The number of hydrogen-bond donors (Lipinski definition) is 0. The average molecular weight is 363 g/mol. The van der Waals surface area contributed by atoms with E-state index >= 15 is 0 Å². The van der Waals surface area contributed by atoms with Crippen LogP contribution in [0.2, 0.25) is 0 Å². The third-order valence-electron chi connectivity index (χ3n) is 4.37. The third-order valence-corrected chi connectivity index (χ3v) is 5.60. The fourth-order valence-electron chi connectivity index (χ4n) is 3.22. The molecule has 1 aliphatic carbocycles. The van der Waals surface area contributed by atoms with Crippen molar-refractivity contribution in [2.45, 2.75) is 26.2 Å². The molecule has 3 aromatic rings. The minimum atomic E-state index is 0.974. The van der Waals surface area contributed by atoms with Gasteiger partial charge in [0.25, 0.3) is 0 Å². The van der Waals surface area contributed by atoms with E-state index in [1.165, 1.54) is 5.56 Å². The lowest BCUT2D eigenvalue weighted by Gasteiger charge is -2.19. The molecule has 0 spiro atoms. The van der Waals surface area contributed by atoms with Gasteiger partial charge in [0.2, 0.25) is 0 Å². The minimum absolute atomic E-state index is 0.974. The molecular formula is C20H21N5S. The number of fused-ring (bicyclic) bond motifs is 1. The zero-order chi connectivity index (χ0) is 18.1. The summed E-state index contributed by atoms with van der Waals surface area (Å²) in [6.45, 7) is 2.04. The van der Waals surface area contributed by atoms with Crippen LogP contribution in [-0.2, 0) is 6.42 Å². The lowest BCUT2D eigenvalue weighted by molar-refractivity contribution is 0.435. The molecule has 0 saturated heterocycles. The number of rotatable bonds is 3. The van der Waals surface area contributed by atoms with E-state index in [1.54, 1.807) is 17.5 Å². The summed E-state index contributed by atoms with van der Waals surface area (Å²) in [6.07, 6.45) is 6.80. The number of nitrogens with zero attached hydrogens (tertiary/aromatic N) is 5. The Morgan fingerprint density at radius 1 is 1.12 bits per heavy atom. The molecule has 1 aliphatic rings. The Morgan fingerprint density at radius 3 is 2.77 bits per heavy atom. The molecule has 5 nitrogen and oxygen atoms in total. The zero-order valence-electron chi connectivity index (χ0n) is 15.2. The van der Waals surface area contributed by atoms with Crippen molar-refractivity contribution in [3.8, 4) is 21.1 Å². The highest BCUT2D eigenvalue weighted by Crippen LogP contribution is 2.35. The van der Waals surface area contributed by atoms with Crippen LogP contribution in [0.25, 0.3) is 21.1 Å². The highest BCUT2D eigenvalue weighted by molar-refractivity contribution is 7.18. The van der Waals surface area contributed by atoms with Crippen LogP contribution < -0.4 is 0 Å². The molecule has 0 saturated carbocycles. The summed E-state index contributed by atoms with van der Waals surface area (Å²) >= 11 is 1.67. The Morgan fingerprint density at radius 2 is 2.00 bits per heavy atom. The van der Waals surface area contributed by atoms with Crippen LogP contribution in [0.15, 0.2) is 41.8 Å². The van der Waals surface area contributed by atoms with Gasteiger partial charge in [0.15, 0.2) is 0 Å². The second kappa shape index (κ2) is 6.96. The Bertz CT molecular complexity index is 960. The summed E-state index contributed by atoms with van der Waals surface area (Å²) in [5.74, 6) is 0. The molecule has 0 atom stereocenters. The lowest BCUT2D eigenvalue weighted by Crippen LogP contribution is -2.18. The molecule has 3 aromatic heterocycles. The molecule has 0 unspecified atom stereocenters. The average Bonchev–Trinajstić information content (AvgIpc) is 3.04. The second-order valence-electron chi connectivity index (χ2n) is 6.63. The van der Waals surface area contributed by atoms with E-state index in [1.807, 2.05) is 44.4 Å². The highest BCUT2D eigenvalue weighted by atomic mass is 32.1. The van der Waals surface area contributed by atoms with Crippen molar-refractivity contribution in [1.29, 1.82) is 0 Å². The van der Waals surface area contributed by atoms with Crippen LogP contribution in [0.4, 0.5) is 0 Å². The van der Waals surface area contributed by atoms with Gasteiger partial charge in [-0.2, -0.15) is 5.10 Å². The van der Waals surface area contributed by atoms with Gasteiger partial charge in [-0.25, -0.2) is 9.97 Å². The Kier molecular flexibility index (Phi) is 4.51. The maximum Gasteiger partial charge on any atom is 0.125 e. The maximum absolute atomic E-state index is 4.98. The van der Waals surface area contributed by atoms with Crippen molar-refractivity contribution < 1.29 is 0 Å². The van der Waals surface area contributed by atoms with Crippen LogP contribution in [-0.4, -0.2) is 39.8 Å². The Hall–Kier alpha value is -2.60. The lowest BCUT2D eigenvalue weighted by atomic mass is 9.94. The van der Waals surface area contributed by atoms with Crippen molar-refractivity contribution in [1.82, 2.24) is 20.0 Å². The number of hydrazone groups is 1. The summed E-state index contributed by atoms with van der Waals surface area (Å²) in [5, 5.41) is 7.49. The van der Waals surface area contributed by atoms with Gasteiger partial charge in [0.1, 0.15) is 5.01 Å². The van der Waals surface area contributed by atoms with Gasteiger partial charge >= 0.3 is 0 Å². The Balaban J connectivity index is 1.77. The first-order chi connectivity index (χ1) is 12.6. The molecule has 132 valence electrons. The molecule has 0 fully saturated rings. The van der Waals surface area contributed by atoms with E-state index in [0.717, 1.165) is 57.5 Å². The predicted molar refractivity (Wildman–Crippen MR) is 106 cm³/mol. The first-order valence-electron chi connectivity index (χ1n) is 8.75. The molecule has 3 heterocycles. The topological polar surface area (TPSA) is 54.3 Å². The number of hydrogen-bond acceptors (Lipinski definition) is 6. The molecule has 0 aromatic carbocycles. The molecule has 0 N–H and O–H groups in total. The van der Waals surface area contributed by atoms with E-state index in [9.17, 15) is 0 Å². The van der Waals surface area contributed by atoms with Gasteiger partial charge in [-0.1, -0.05) is 6.07 Å². The number of aryl methyl sites for hydroxylation is 2. The van der Waals surface area contributed by atoms with E-state index < -0.39 is 0 Å². The summed E-state index contributed by atoms with van der Waals surface area (Å²) in [6, 6.07) is 8.29. The maximum atomic E-state index is 4.98. The molecule has 0 radical (unpaired) electrons. The molecule has 0 aliphatic heterocycles. The first-order valence-corrected chi connectivity index (χ1v) is 9.57. The monoisotopic (exact) mass is 363 g/mol. The SMILES string of the molecule is Cc1nc(-c2cccnc2)sc1-c1ccc2c(n1)C(=NN(C)C)CCC2. The number of thiazole rings is 1. The molecule has 26 heavy (non-hydrogen) atoms. The van der Waals surface area contributed by atoms with Crippen molar-refractivity contribution in [3.05, 3.63) is 53.6 Å². The van der Waals surface area contributed by atoms with Crippen LogP contribution in [0, 0.1) is 6.92 Å². The Labute approximate surface area is 157 Å². The predicted octanol–water partition coefficient (Wildman–Crippen LogP) is 4.18. The summed E-state index contributed by atoms with van der Waals surface area (Å²) in [7, 11) is 3.91. The van der Waals surface area contributed by atoms with Gasteiger partial charge in [-0.05, 0) is 49.9 Å². The quantitative estimate of drug-likeness (QED) is 0.655. The molecular weight excluding hydrogens is 342 g/mol. The first kappa shape index (κ1) is 16.8. The van der Waals surface area contributed by atoms with Gasteiger partial charge in [-0.3, -0.25) is 4.98 Å². The van der Waals surface area contributed by atoms with E-state index in [-0.39, 0.29) is 0 Å². The summed E-state index contributed by atoms with van der Waals surface area (Å²) in [4.78, 5) is 15.0. The van der Waals surface area contributed by atoms with Crippen molar-refractivity contribution in [3.63, 3.8) is 0 Å². The molecule has 4 rings (SSSR count). The fourth-order valence-corrected chi connectivity index (χ4v) is 4.24. The normalized spacial score (nSPS) is 15.1. The second-order valence-corrected chi connectivity index (χ2v) is 7.63. The largest absolute Gasteiger partial charge is 0.303 e. The third kappa shape index (κ3) is 3.24. The fraction of sp³-hybridized carbons (Fsp3) is 0.300. The van der Waals surface area contributed by atoms with E-state index in [2.05, 4.69) is 22.2 Å². The van der Waals surface area contributed by atoms with Crippen molar-refractivity contribution in [2.75, 3.05) is 14.1 Å². The standard InChI is InChI=1S/C20H21N5S/c1-13-19(26-20(22-13)15-7-5-11-21-12-15)17-10-9-14-6-4-8-16(18(14)23-17)24-25(2)3/h5,7,9-12H,4,6,8H2,1-3H3. The van der Waals surface area contributed by atoms with E-state index in [4.69, 9.17) is 9.97 Å². The van der Waals surface area contributed by atoms with Crippen molar-refractivity contribution >= 4 is 17.0 Å². The van der Waals surface area contributed by atoms with Gasteiger partial charge in [-0.15, -0.1) is 11.3 Å². The van der Waals surface area contributed by atoms with Crippen LogP contribution in [0.5, 0.6) is 0 Å². The van der Waals surface area contributed by atoms with Crippen LogP contribution >= 0.6 is 11.3 Å². The number of aromatic nitrogens is 3. The van der Waals surface area contributed by atoms with Gasteiger partial charge in [0.05, 0.1) is 27.7 Å². The summed E-state index contributed by atoms with van der Waals surface area (Å²) < 4.78 is 0. The van der Waals surface area contributed by atoms with Crippen LogP contribution in [0.3, 0.4) is 0 Å². The van der Waals surface area contributed by atoms with E-state index in [0.29, 0.717) is 0 Å². The van der Waals surface area contributed by atoms with Crippen molar-refractivity contribution in [2.24, 2.45) is 5.10 Å². The van der Waals surface area contributed by atoms with Gasteiger partial charge in [0, 0.05) is 32.1 Å². The van der Waals surface area contributed by atoms with Crippen LogP contribution in [0.1, 0.15) is 29.8 Å². The summed E-state index contributed by atoms with van der Waals surface area (Å²) in [5.41, 5.74) is 6.42. The minimum Gasteiger partial charge on any atom is -0.303 e.